The number of unbranched alkanes of at least 4 members (excludes halogenated alkanes) is 2. The van der Waals surface area contributed by atoms with Crippen molar-refractivity contribution in [2.75, 3.05) is 0 Å². The summed E-state index contributed by atoms with van der Waals surface area (Å²) in [5, 5.41) is 19.2. The molecule has 0 aromatic heterocycles. The fourth-order valence-corrected chi connectivity index (χ4v) is 2.89. The Morgan fingerprint density at radius 2 is 1.70 bits per heavy atom. The molecular formula is C17H20O2S. The van der Waals surface area contributed by atoms with Crippen LogP contribution in [-0.2, 0) is 6.42 Å². The lowest BCUT2D eigenvalue weighted by Crippen LogP contribution is -1.85. The van der Waals surface area contributed by atoms with Crippen molar-refractivity contribution in [1.29, 1.82) is 0 Å². The lowest BCUT2D eigenvalue weighted by Gasteiger charge is -2.06. The van der Waals surface area contributed by atoms with Crippen molar-refractivity contribution in [2.45, 2.75) is 42.4 Å². The van der Waals surface area contributed by atoms with Gasteiger partial charge in [0.1, 0.15) is 11.5 Å². The van der Waals surface area contributed by atoms with Crippen LogP contribution in [-0.4, -0.2) is 10.2 Å². The van der Waals surface area contributed by atoms with Crippen LogP contribution in [0.25, 0.3) is 0 Å². The maximum absolute atomic E-state index is 9.76. The standard InChI is InChI=1S/C17H20O2S/c1-2-3-4-5-13-6-9-15(10-7-13)20-17-12-14(18)8-11-16(17)19/h6-12,18-19H,2-5H2,1H3. The van der Waals surface area contributed by atoms with E-state index in [1.54, 1.807) is 6.07 Å². The predicted octanol–water partition coefficient (Wildman–Crippen LogP) is 4.98. The largest absolute Gasteiger partial charge is 0.508 e. The molecule has 0 unspecified atom stereocenters. The summed E-state index contributed by atoms with van der Waals surface area (Å²) in [5.74, 6) is 0.362. The van der Waals surface area contributed by atoms with Gasteiger partial charge in [-0.3, -0.25) is 0 Å². The van der Waals surface area contributed by atoms with Gasteiger partial charge in [-0.15, -0.1) is 0 Å². The van der Waals surface area contributed by atoms with Gasteiger partial charge in [-0.05, 0) is 48.7 Å². The number of phenols is 2. The number of aryl methyl sites for hydroxylation is 1. The Bertz CT molecular complexity index is 549. The average Bonchev–Trinajstić information content (AvgIpc) is 2.45. The number of hydrogen-bond acceptors (Lipinski definition) is 3. The van der Waals surface area contributed by atoms with Crippen LogP contribution in [0, 0.1) is 0 Å². The van der Waals surface area contributed by atoms with Gasteiger partial charge in [0, 0.05) is 4.90 Å². The van der Waals surface area contributed by atoms with E-state index in [-0.39, 0.29) is 11.5 Å². The van der Waals surface area contributed by atoms with Crippen molar-refractivity contribution in [2.24, 2.45) is 0 Å². The van der Waals surface area contributed by atoms with E-state index in [4.69, 9.17) is 0 Å². The molecule has 20 heavy (non-hydrogen) atoms. The van der Waals surface area contributed by atoms with Crippen LogP contribution in [0.1, 0.15) is 31.7 Å². The molecule has 0 spiro atoms. The Morgan fingerprint density at radius 3 is 2.40 bits per heavy atom. The molecule has 0 saturated heterocycles. The molecule has 2 N–H and O–H groups in total. The maximum Gasteiger partial charge on any atom is 0.129 e. The van der Waals surface area contributed by atoms with E-state index in [1.165, 1.54) is 48.7 Å². The SMILES string of the molecule is CCCCCc1ccc(Sc2cc(O)ccc2O)cc1. The highest BCUT2D eigenvalue weighted by Crippen LogP contribution is 2.36. The number of benzene rings is 2. The number of hydrogen-bond donors (Lipinski definition) is 2. The number of rotatable bonds is 6. The van der Waals surface area contributed by atoms with Crippen molar-refractivity contribution < 1.29 is 10.2 Å². The molecule has 0 bridgehead atoms. The average molecular weight is 288 g/mol. The van der Waals surface area contributed by atoms with Crippen LogP contribution in [0.15, 0.2) is 52.3 Å². The third-order valence-corrected chi connectivity index (χ3v) is 4.22. The van der Waals surface area contributed by atoms with Crippen molar-refractivity contribution in [3.63, 3.8) is 0 Å². The smallest absolute Gasteiger partial charge is 0.129 e. The van der Waals surface area contributed by atoms with Gasteiger partial charge in [0.2, 0.25) is 0 Å². The Hall–Kier alpha value is -1.61. The van der Waals surface area contributed by atoms with Crippen molar-refractivity contribution in [1.82, 2.24) is 0 Å². The summed E-state index contributed by atoms with van der Waals surface area (Å²) in [6.45, 7) is 2.21. The van der Waals surface area contributed by atoms with Crippen LogP contribution in [0.5, 0.6) is 11.5 Å². The Labute approximate surface area is 124 Å². The quantitative estimate of drug-likeness (QED) is 0.581. The van der Waals surface area contributed by atoms with Gasteiger partial charge in [0.15, 0.2) is 0 Å². The molecule has 0 saturated carbocycles. The minimum atomic E-state index is 0.168. The van der Waals surface area contributed by atoms with Crippen LogP contribution < -0.4 is 0 Å². The topological polar surface area (TPSA) is 40.5 Å². The van der Waals surface area contributed by atoms with E-state index in [0.717, 1.165) is 11.3 Å². The minimum absolute atomic E-state index is 0.168. The highest BCUT2D eigenvalue weighted by atomic mass is 32.2. The second-order valence-corrected chi connectivity index (χ2v) is 5.97. The first-order valence-corrected chi connectivity index (χ1v) is 7.79. The van der Waals surface area contributed by atoms with Gasteiger partial charge in [-0.1, -0.05) is 43.7 Å². The van der Waals surface area contributed by atoms with Gasteiger partial charge in [0.05, 0.1) is 4.90 Å². The molecule has 2 nitrogen and oxygen atoms in total. The normalized spacial score (nSPS) is 10.7. The zero-order valence-electron chi connectivity index (χ0n) is 11.7. The van der Waals surface area contributed by atoms with Gasteiger partial charge in [-0.25, -0.2) is 0 Å². The molecule has 0 aliphatic rings. The lowest BCUT2D eigenvalue weighted by atomic mass is 10.1. The van der Waals surface area contributed by atoms with E-state index in [0.29, 0.717) is 4.90 Å². The molecule has 106 valence electrons. The third kappa shape index (κ3) is 4.20. The van der Waals surface area contributed by atoms with Crippen LogP contribution in [0.3, 0.4) is 0 Å². The highest BCUT2D eigenvalue weighted by Gasteiger charge is 2.05. The summed E-state index contributed by atoms with van der Waals surface area (Å²) in [6, 6.07) is 13.0. The molecule has 0 fully saturated rings. The van der Waals surface area contributed by atoms with Gasteiger partial charge < -0.3 is 10.2 Å². The molecule has 0 radical (unpaired) electrons. The Morgan fingerprint density at radius 1 is 0.950 bits per heavy atom. The summed E-state index contributed by atoms with van der Waals surface area (Å²) in [4.78, 5) is 1.73. The molecule has 3 heteroatoms. The zero-order chi connectivity index (χ0) is 14.4. The summed E-state index contributed by atoms with van der Waals surface area (Å²) in [6.07, 6.45) is 4.87. The second kappa shape index (κ2) is 7.25. The van der Waals surface area contributed by atoms with Crippen molar-refractivity contribution in [3.8, 4) is 11.5 Å². The van der Waals surface area contributed by atoms with Gasteiger partial charge >= 0.3 is 0 Å². The van der Waals surface area contributed by atoms with Crippen molar-refractivity contribution in [3.05, 3.63) is 48.0 Å². The van der Waals surface area contributed by atoms with Gasteiger partial charge in [-0.2, -0.15) is 0 Å². The first-order chi connectivity index (χ1) is 9.69. The van der Waals surface area contributed by atoms with Crippen LogP contribution >= 0.6 is 11.8 Å². The Kier molecular flexibility index (Phi) is 5.36. The summed E-state index contributed by atoms with van der Waals surface area (Å²) < 4.78 is 0. The molecule has 0 aliphatic carbocycles. The van der Waals surface area contributed by atoms with E-state index < -0.39 is 0 Å². The van der Waals surface area contributed by atoms with E-state index in [2.05, 4.69) is 31.2 Å². The zero-order valence-corrected chi connectivity index (χ0v) is 12.5. The molecule has 2 rings (SSSR count). The fourth-order valence-electron chi connectivity index (χ4n) is 2.01. The number of aromatic hydroxyl groups is 2. The highest BCUT2D eigenvalue weighted by molar-refractivity contribution is 7.99. The minimum Gasteiger partial charge on any atom is -0.508 e. The van der Waals surface area contributed by atoms with Crippen LogP contribution in [0.4, 0.5) is 0 Å². The molecule has 0 atom stereocenters. The first kappa shape index (κ1) is 14.8. The lowest BCUT2D eigenvalue weighted by molar-refractivity contribution is 0.448. The molecule has 0 amide bonds. The molecule has 2 aromatic carbocycles. The van der Waals surface area contributed by atoms with Crippen LogP contribution in [0.2, 0.25) is 0 Å². The van der Waals surface area contributed by atoms with E-state index in [9.17, 15) is 10.2 Å². The molecule has 0 heterocycles. The predicted molar refractivity (Wildman–Crippen MR) is 83.6 cm³/mol. The molecule has 0 aliphatic heterocycles. The molecule has 2 aromatic rings. The number of phenolic OH excluding ortho intramolecular Hbond substituents is 2. The second-order valence-electron chi connectivity index (χ2n) is 4.86. The van der Waals surface area contributed by atoms with Gasteiger partial charge in [0.25, 0.3) is 0 Å². The third-order valence-electron chi connectivity index (χ3n) is 3.16. The van der Waals surface area contributed by atoms with E-state index >= 15 is 0 Å². The maximum atomic E-state index is 9.76. The Balaban J connectivity index is 2.01. The first-order valence-electron chi connectivity index (χ1n) is 6.98. The monoisotopic (exact) mass is 288 g/mol. The summed E-state index contributed by atoms with van der Waals surface area (Å²) >= 11 is 1.46. The van der Waals surface area contributed by atoms with E-state index in [1.807, 2.05) is 0 Å². The fraction of sp³-hybridized carbons (Fsp3) is 0.294. The summed E-state index contributed by atoms with van der Waals surface area (Å²) in [7, 11) is 0. The summed E-state index contributed by atoms with van der Waals surface area (Å²) in [5.41, 5.74) is 1.35. The molecular weight excluding hydrogens is 268 g/mol. The van der Waals surface area contributed by atoms with Crippen molar-refractivity contribution >= 4 is 11.8 Å².